The largest absolute Gasteiger partial charge is 0.310 e. The Morgan fingerprint density at radius 3 is 2.67 bits per heavy atom. The summed E-state index contributed by atoms with van der Waals surface area (Å²) in [4.78, 5) is 13.2. The van der Waals surface area contributed by atoms with Gasteiger partial charge < -0.3 is 0 Å². The molecule has 0 fully saturated rings. The number of pyridine rings is 1. The highest BCUT2D eigenvalue weighted by Crippen LogP contribution is 2.33. The Morgan fingerprint density at radius 2 is 2.27 bits per heavy atom. The van der Waals surface area contributed by atoms with E-state index < -0.39 is 22.7 Å². The van der Waals surface area contributed by atoms with Crippen LogP contribution in [0.3, 0.4) is 0 Å². The van der Waals surface area contributed by atoms with E-state index in [1.54, 1.807) is 22.6 Å². The van der Waals surface area contributed by atoms with Crippen molar-refractivity contribution >= 4 is 44.2 Å². The number of hydrogen-bond donors (Lipinski definition) is 0. The van der Waals surface area contributed by atoms with E-state index in [9.17, 15) is 18.9 Å². The number of hydrogen-bond acceptors (Lipinski definition) is 3. The second-order valence-corrected chi connectivity index (χ2v) is 4.16. The molecule has 0 aliphatic carbocycles. The lowest BCUT2D eigenvalue weighted by Gasteiger charge is -2.05. The molecule has 1 aromatic heterocycles. The lowest BCUT2D eigenvalue weighted by Crippen LogP contribution is -2.04. The molecule has 0 saturated carbocycles. The maximum absolute atomic E-state index is 12.4. The molecule has 0 N–H and O–H groups in total. The van der Waals surface area contributed by atoms with Crippen LogP contribution in [0.5, 0.6) is 0 Å². The number of alkyl halides is 3. The fourth-order valence-corrected chi connectivity index (χ4v) is 2.71. The van der Waals surface area contributed by atoms with E-state index in [-0.39, 0.29) is 3.57 Å². The standard InChI is InChI=1S/C7H4BrF2IN2O2/c8-1-3-2-12-5(7(9)10)6(4(3)11)13(14)15/h2,7H,1H2. The molecule has 0 bridgehead atoms. The molecular weight excluding hydrogens is 389 g/mol. The maximum atomic E-state index is 12.4. The van der Waals surface area contributed by atoms with Crippen molar-refractivity contribution in [2.45, 2.75) is 11.8 Å². The zero-order valence-corrected chi connectivity index (χ0v) is 10.8. The summed E-state index contributed by atoms with van der Waals surface area (Å²) in [5, 5.41) is 11.0. The van der Waals surface area contributed by atoms with Crippen molar-refractivity contribution in [1.29, 1.82) is 0 Å². The molecule has 0 unspecified atom stereocenters. The summed E-state index contributed by atoms with van der Waals surface area (Å²) in [6.07, 6.45) is -1.73. The Labute approximate surface area is 105 Å². The van der Waals surface area contributed by atoms with Gasteiger partial charge in [0.15, 0.2) is 5.69 Å². The second-order valence-electron chi connectivity index (χ2n) is 2.52. The fraction of sp³-hybridized carbons (Fsp3) is 0.286. The summed E-state index contributed by atoms with van der Waals surface area (Å²) in [5.74, 6) is 0. The average Bonchev–Trinajstić information content (AvgIpc) is 2.16. The van der Waals surface area contributed by atoms with E-state index in [1.807, 2.05) is 0 Å². The van der Waals surface area contributed by atoms with Crippen LogP contribution in [-0.2, 0) is 5.33 Å². The first-order chi connectivity index (χ1) is 6.99. The van der Waals surface area contributed by atoms with E-state index in [0.29, 0.717) is 10.9 Å². The van der Waals surface area contributed by atoms with Gasteiger partial charge >= 0.3 is 5.69 Å². The Bertz CT molecular complexity index is 403. The second kappa shape index (κ2) is 5.10. The lowest BCUT2D eigenvalue weighted by atomic mass is 10.2. The molecule has 0 atom stereocenters. The average molecular weight is 393 g/mol. The third-order valence-corrected chi connectivity index (χ3v) is 3.43. The summed E-state index contributed by atoms with van der Waals surface area (Å²) in [7, 11) is 0. The molecule has 0 aliphatic rings. The summed E-state index contributed by atoms with van der Waals surface area (Å²) < 4.78 is 25.0. The van der Waals surface area contributed by atoms with Crippen molar-refractivity contribution in [3.63, 3.8) is 0 Å². The van der Waals surface area contributed by atoms with Crippen LogP contribution in [0.15, 0.2) is 6.20 Å². The Kier molecular flexibility index (Phi) is 4.32. The van der Waals surface area contributed by atoms with Crippen molar-refractivity contribution in [1.82, 2.24) is 4.98 Å². The van der Waals surface area contributed by atoms with Crippen molar-refractivity contribution < 1.29 is 13.7 Å². The Hall–Kier alpha value is -0.380. The van der Waals surface area contributed by atoms with Crippen LogP contribution in [0.1, 0.15) is 17.7 Å². The van der Waals surface area contributed by atoms with Crippen LogP contribution in [0.2, 0.25) is 0 Å². The molecule has 0 spiro atoms. The molecular formula is C7H4BrF2IN2O2. The van der Waals surface area contributed by atoms with Gasteiger partial charge in [-0.3, -0.25) is 10.1 Å². The minimum atomic E-state index is -2.94. The van der Waals surface area contributed by atoms with E-state index in [4.69, 9.17) is 0 Å². The topological polar surface area (TPSA) is 56.0 Å². The highest BCUT2D eigenvalue weighted by Gasteiger charge is 2.28. The van der Waals surface area contributed by atoms with Crippen LogP contribution >= 0.6 is 38.5 Å². The number of nitrogens with zero attached hydrogens (tertiary/aromatic N) is 2. The monoisotopic (exact) mass is 392 g/mol. The van der Waals surface area contributed by atoms with Crippen LogP contribution in [0.4, 0.5) is 14.5 Å². The van der Waals surface area contributed by atoms with Gasteiger partial charge in [-0.2, -0.15) is 0 Å². The first-order valence-corrected chi connectivity index (χ1v) is 5.84. The highest BCUT2D eigenvalue weighted by molar-refractivity contribution is 14.1. The van der Waals surface area contributed by atoms with Crippen LogP contribution in [0, 0.1) is 13.7 Å². The van der Waals surface area contributed by atoms with Crippen molar-refractivity contribution in [2.75, 3.05) is 0 Å². The summed E-state index contributed by atoms with van der Waals surface area (Å²) in [6, 6.07) is 0. The predicted octanol–water partition coefficient (Wildman–Crippen LogP) is 3.43. The van der Waals surface area contributed by atoms with Gasteiger partial charge in [0.25, 0.3) is 6.43 Å². The Morgan fingerprint density at radius 1 is 1.67 bits per heavy atom. The molecule has 8 heteroatoms. The maximum Gasteiger partial charge on any atom is 0.310 e. The zero-order valence-electron chi connectivity index (χ0n) is 7.08. The molecule has 1 aromatic rings. The number of aromatic nitrogens is 1. The van der Waals surface area contributed by atoms with Crippen molar-refractivity contribution in [2.24, 2.45) is 0 Å². The van der Waals surface area contributed by atoms with E-state index in [1.165, 1.54) is 6.20 Å². The number of rotatable bonds is 3. The van der Waals surface area contributed by atoms with Crippen LogP contribution in [-0.4, -0.2) is 9.91 Å². The van der Waals surface area contributed by atoms with Gasteiger partial charge in [-0.25, -0.2) is 13.8 Å². The molecule has 0 saturated heterocycles. The summed E-state index contributed by atoms with van der Waals surface area (Å²) in [6.45, 7) is 0. The molecule has 0 radical (unpaired) electrons. The van der Waals surface area contributed by atoms with Crippen LogP contribution < -0.4 is 0 Å². The van der Waals surface area contributed by atoms with Gasteiger partial charge in [0.05, 0.1) is 8.49 Å². The molecule has 1 rings (SSSR count). The summed E-state index contributed by atoms with van der Waals surface area (Å²) >= 11 is 4.77. The van der Waals surface area contributed by atoms with Crippen molar-refractivity contribution in [3.05, 3.63) is 31.1 Å². The van der Waals surface area contributed by atoms with Crippen molar-refractivity contribution in [3.8, 4) is 0 Å². The van der Waals surface area contributed by atoms with Gasteiger partial charge in [-0.15, -0.1) is 0 Å². The molecule has 4 nitrogen and oxygen atoms in total. The normalized spacial score (nSPS) is 10.7. The molecule has 0 aromatic carbocycles. The SMILES string of the molecule is O=[N+]([O-])c1c(C(F)F)ncc(CBr)c1I. The quantitative estimate of drug-likeness (QED) is 0.343. The highest BCUT2D eigenvalue weighted by atomic mass is 127. The lowest BCUT2D eigenvalue weighted by molar-refractivity contribution is -0.387. The number of halogens is 4. The van der Waals surface area contributed by atoms with Gasteiger partial charge in [0.1, 0.15) is 0 Å². The third kappa shape index (κ3) is 2.60. The van der Waals surface area contributed by atoms with E-state index >= 15 is 0 Å². The predicted molar refractivity (Wildman–Crippen MR) is 61.2 cm³/mol. The molecule has 0 amide bonds. The first-order valence-electron chi connectivity index (χ1n) is 3.64. The molecule has 82 valence electrons. The molecule has 1 heterocycles. The van der Waals surface area contributed by atoms with E-state index in [0.717, 1.165) is 0 Å². The number of nitro groups is 1. The minimum absolute atomic E-state index is 0.194. The zero-order chi connectivity index (χ0) is 11.6. The Balaban J connectivity index is 3.44. The first kappa shape index (κ1) is 12.7. The fourth-order valence-electron chi connectivity index (χ4n) is 0.956. The summed E-state index contributed by atoms with van der Waals surface area (Å²) in [5.41, 5.74) is -0.872. The molecule has 0 aliphatic heterocycles. The van der Waals surface area contributed by atoms with E-state index in [2.05, 4.69) is 20.9 Å². The van der Waals surface area contributed by atoms with Gasteiger partial charge in [-0.05, 0) is 22.6 Å². The van der Waals surface area contributed by atoms with Gasteiger partial charge in [0.2, 0.25) is 0 Å². The van der Waals surface area contributed by atoms with Crippen LogP contribution in [0.25, 0.3) is 0 Å². The van der Waals surface area contributed by atoms with Gasteiger partial charge in [0, 0.05) is 17.1 Å². The third-order valence-electron chi connectivity index (χ3n) is 1.63. The molecule has 15 heavy (non-hydrogen) atoms. The smallest absolute Gasteiger partial charge is 0.258 e. The minimum Gasteiger partial charge on any atom is -0.258 e. The van der Waals surface area contributed by atoms with Gasteiger partial charge in [-0.1, -0.05) is 15.9 Å².